The second-order valence-electron chi connectivity index (χ2n) is 6.39. The summed E-state index contributed by atoms with van der Waals surface area (Å²) < 4.78 is 34.0. The van der Waals surface area contributed by atoms with E-state index in [1.165, 1.54) is 12.1 Å². The number of carbonyl (C=O) groups is 1. The number of benzene rings is 1. The standard InChI is InChI=1S/C18H22F2N4O2/c1-21-17(12-10-22-23(2)11-12)18(25)24-7-5-14(6-8-24)26-16-4-3-13(19)9-15(16)20/h3-4,9-11,14,17,21H,5-8H2,1-2H3. The fraction of sp³-hybridized carbons (Fsp3) is 0.444. The first-order chi connectivity index (χ1) is 12.5. The van der Waals surface area contributed by atoms with Crippen molar-refractivity contribution in [2.75, 3.05) is 20.1 Å². The Morgan fingerprint density at radius 1 is 1.35 bits per heavy atom. The second kappa shape index (κ2) is 7.82. The topological polar surface area (TPSA) is 59.4 Å². The molecule has 1 aliphatic heterocycles. The Bertz CT molecular complexity index is 772. The first-order valence-electron chi connectivity index (χ1n) is 8.54. The first-order valence-corrected chi connectivity index (χ1v) is 8.54. The number of halogens is 2. The van der Waals surface area contributed by atoms with E-state index < -0.39 is 17.7 Å². The van der Waals surface area contributed by atoms with Crippen LogP contribution in [0.4, 0.5) is 8.78 Å². The van der Waals surface area contributed by atoms with E-state index in [4.69, 9.17) is 4.74 Å². The van der Waals surface area contributed by atoms with Crippen LogP contribution in [0.15, 0.2) is 30.6 Å². The summed E-state index contributed by atoms with van der Waals surface area (Å²) in [6.07, 6.45) is 4.46. The lowest BCUT2D eigenvalue weighted by molar-refractivity contribution is -0.135. The van der Waals surface area contributed by atoms with Gasteiger partial charge in [0, 0.05) is 50.8 Å². The predicted octanol–water partition coefficient (Wildman–Crippen LogP) is 2.03. The molecule has 1 N–H and O–H groups in total. The van der Waals surface area contributed by atoms with Crippen molar-refractivity contribution in [2.24, 2.45) is 7.05 Å². The summed E-state index contributed by atoms with van der Waals surface area (Å²) in [4.78, 5) is 14.6. The number of piperidine rings is 1. The quantitative estimate of drug-likeness (QED) is 0.882. The van der Waals surface area contributed by atoms with Gasteiger partial charge >= 0.3 is 0 Å². The fourth-order valence-corrected chi connectivity index (χ4v) is 3.15. The highest BCUT2D eigenvalue weighted by atomic mass is 19.1. The van der Waals surface area contributed by atoms with Crippen LogP contribution in [0.25, 0.3) is 0 Å². The van der Waals surface area contributed by atoms with Crippen molar-refractivity contribution in [3.05, 3.63) is 47.8 Å². The van der Waals surface area contributed by atoms with Crippen LogP contribution in [0.1, 0.15) is 24.4 Å². The molecule has 1 amide bonds. The number of likely N-dealkylation sites (tertiary alicyclic amines) is 1. The Kier molecular flexibility index (Phi) is 5.51. The highest BCUT2D eigenvalue weighted by Crippen LogP contribution is 2.24. The summed E-state index contributed by atoms with van der Waals surface area (Å²) in [5, 5.41) is 7.14. The van der Waals surface area contributed by atoms with Crippen molar-refractivity contribution in [1.82, 2.24) is 20.0 Å². The van der Waals surface area contributed by atoms with E-state index >= 15 is 0 Å². The lowest BCUT2D eigenvalue weighted by Gasteiger charge is -2.34. The zero-order chi connectivity index (χ0) is 18.7. The van der Waals surface area contributed by atoms with E-state index in [0.717, 1.165) is 11.6 Å². The number of rotatable bonds is 5. The lowest BCUT2D eigenvalue weighted by Crippen LogP contribution is -2.46. The van der Waals surface area contributed by atoms with Gasteiger partial charge in [-0.05, 0) is 19.2 Å². The van der Waals surface area contributed by atoms with E-state index in [9.17, 15) is 13.6 Å². The Balaban J connectivity index is 1.58. The van der Waals surface area contributed by atoms with E-state index in [2.05, 4.69) is 10.4 Å². The van der Waals surface area contributed by atoms with Gasteiger partial charge in [-0.3, -0.25) is 9.48 Å². The van der Waals surface area contributed by atoms with E-state index in [1.807, 2.05) is 6.20 Å². The molecule has 0 aliphatic carbocycles. The third-order valence-corrected chi connectivity index (χ3v) is 4.54. The number of nitrogens with zero attached hydrogens (tertiary/aromatic N) is 3. The molecule has 1 aliphatic rings. The third-order valence-electron chi connectivity index (χ3n) is 4.54. The minimum atomic E-state index is -0.713. The van der Waals surface area contributed by atoms with Gasteiger partial charge in [-0.1, -0.05) is 0 Å². The average molecular weight is 364 g/mol. The Hall–Kier alpha value is -2.48. The molecule has 1 fully saturated rings. The summed E-state index contributed by atoms with van der Waals surface area (Å²) in [6.45, 7) is 1.04. The van der Waals surface area contributed by atoms with Crippen molar-refractivity contribution in [1.29, 1.82) is 0 Å². The van der Waals surface area contributed by atoms with E-state index in [0.29, 0.717) is 25.9 Å². The normalized spacial score (nSPS) is 16.5. The maximum absolute atomic E-state index is 13.7. The zero-order valence-electron chi connectivity index (χ0n) is 14.8. The van der Waals surface area contributed by atoms with Gasteiger partial charge < -0.3 is 15.0 Å². The Morgan fingerprint density at radius 3 is 2.65 bits per heavy atom. The summed E-state index contributed by atoms with van der Waals surface area (Å²) in [5.41, 5.74) is 0.812. The summed E-state index contributed by atoms with van der Waals surface area (Å²) in [7, 11) is 3.54. The van der Waals surface area contributed by atoms with Crippen LogP contribution >= 0.6 is 0 Å². The average Bonchev–Trinajstić information content (AvgIpc) is 3.04. The molecule has 0 spiro atoms. The molecule has 8 heteroatoms. The smallest absolute Gasteiger partial charge is 0.244 e. The molecule has 0 radical (unpaired) electrons. The van der Waals surface area contributed by atoms with E-state index in [-0.39, 0.29) is 17.8 Å². The van der Waals surface area contributed by atoms with Gasteiger partial charge in [-0.2, -0.15) is 5.10 Å². The molecule has 2 aromatic rings. The molecule has 3 rings (SSSR count). The largest absolute Gasteiger partial charge is 0.487 e. The molecule has 0 saturated carbocycles. The minimum Gasteiger partial charge on any atom is -0.487 e. The highest BCUT2D eigenvalue weighted by molar-refractivity contribution is 5.83. The predicted molar refractivity (Wildman–Crippen MR) is 91.6 cm³/mol. The maximum atomic E-state index is 13.7. The number of aromatic nitrogens is 2. The number of nitrogens with one attached hydrogen (secondary N) is 1. The third kappa shape index (κ3) is 4.01. The van der Waals surface area contributed by atoms with Gasteiger partial charge in [0.2, 0.25) is 5.91 Å². The maximum Gasteiger partial charge on any atom is 0.244 e. The van der Waals surface area contributed by atoms with Crippen LogP contribution in [0.3, 0.4) is 0 Å². The number of aryl methyl sites for hydroxylation is 1. The van der Waals surface area contributed by atoms with Gasteiger partial charge in [0.15, 0.2) is 11.6 Å². The molecule has 1 unspecified atom stereocenters. The second-order valence-corrected chi connectivity index (χ2v) is 6.39. The number of hydrogen-bond donors (Lipinski definition) is 1. The summed E-state index contributed by atoms with van der Waals surface area (Å²) in [5.74, 6) is -1.33. The highest BCUT2D eigenvalue weighted by Gasteiger charge is 2.30. The summed E-state index contributed by atoms with van der Waals surface area (Å²) >= 11 is 0. The van der Waals surface area contributed by atoms with Crippen LogP contribution in [0, 0.1) is 11.6 Å². The number of amides is 1. The van der Waals surface area contributed by atoms with Gasteiger partial charge in [0.1, 0.15) is 18.0 Å². The number of ether oxygens (including phenoxy) is 1. The van der Waals surface area contributed by atoms with Crippen molar-refractivity contribution >= 4 is 5.91 Å². The molecule has 1 aromatic carbocycles. The monoisotopic (exact) mass is 364 g/mol. The fourth-order valence-electron chi connectivity index (χ4n) is 3.15. The summed E-state index contributed by atoms with van der Waals surface area (Å²) in [6, 6.07) is 2.82. The van der Waals surface area contributed by atoms with E-state index in [1.54, 1.807) is 29.9 Å². The molecule has 2 heterocycles. The first kappa shape index (κ1) is 18.3. The molecule has 140 valence electrons. The van der Waals surface area contributed by atoms with Gasteiger partial charge in [-0.25, -0.2) is 8.78 Å². The number of carbonyl (C=O) groups excluding carboxylic acids is 1. The van der Waals surface area contributed by atoms with Crippen LogP contribution < -0.4 is 10.1 Å². The van der Waals surface area contributed by atoms with Crippen molar-refractivity contribution in [2.45, 2.75) is 25.0 Å². The molecular weight excluding hydrogens is 342 g/mol. The Morgan fingerprint density at radius 2 is 2.08 bits per heavy atom. The van der Waals surface area contributed by atoms with Crippen molar-refractivity contribution < 1.29 is 18.3 Å². The molecule has 1 aromatic heterocycles. The van der Waals surface area contributed by atoms with Crippen LogP contribution in [0.5, 0.6) is 5.75 Å². The molecule has 26 heavy (non-hydrogen) atoms. The van der Waals surface area contributed by atoms with Gasteiger partial charge in [0.05, 0.1) is 6.20 Å². The van der Waals surface area contributed by atoms with Crippen LogP contribution in [-0.4, -0.2) is 46.8 Å². The van der Waals surface area contributed by atoms with Gasteiger partial charge in [0.25, 0.3) is 0 Å². The Labute approximate surface area is 150 Å². The molecule has 6 nitrogen and oxygen atoms in total. The van der Waals surface area contributed by atoms with Gasteiger partial charge in [-0.15, -0.1) is 0 Å². The van der Waals surface area contributed by atoms with Crippen molar-refractivity contribution in [3.63, 3.8) is 0 Å². The van der Waals surface area contributed by atoms with Crippen LogP contribution in [-0.2, 0) is 11.8 Å². The SMILES string of the molecule is CNC(C(=O)N1CCC(Oc2ccc(F)cc2F)CC1)c1cnn(C)c1. The molecular formula is C18H22F2N4O2. The van der Waals surface area contributed by atoms with Crippen molar-refractivity contribution in [3.8, 4) is 5.75 Å². The van der Waals surface area contributed by atoms with Crippen LogP contribution in [0.2, 0.25) is 0 Å². The number of hydrogen-bond acceptors (Lipinski definition) is 4. The number of likely N-dealkylation sites (N-methyl/N-ethyl adjacent to an activating group) is 1. The molecule has 1 saturated heterocycles. The zero-order valence-corrected chi connectivity index (χ0v) is 14.8. The lowest BCUT2D eigenvalue weighted by atomic mass is 10.0. The molecule has 1 atom stereocenters. The minimum absolute atomic E-state index is 0.0214. The molecule has 0 bridgehead atoms.